The normalized spacial score (nSPS) is 10.8. The standard InChI is InChI=1S/C13H12BrClFN3/c1-7(2)11-12(15)17-6-18-13(11)19-8-3-4-10(16)9(14)5-8/h3-7H,1-2H3,(H,17,18,19). The van der Waals surface area contributed by atoms with Crippen LogP contribution >= 0.6 is 27.5 Å². The van der Waals surface area contributed by atoms with Gasteiger partial charge in [0.15, 0.2) is 0 Å². The van der Waals surface area contributed by atoms with Crippen molar-refractivity contribution in [3.63, 3.8) is 0 Å². The van der Waals surface area contributed by atoms with Crippen LogP contribution in [0.1, 0.15) is 25.3 Å². The van der Waals surface area contributed by atoms with Gasteiger partial charge < -0.3 is 5.32 Å². The van der Waals surface area contributed by atoms with Crippen molar-refractivity contribution >= 4 is 39.0 Å². The molecule has 0 aliphatic heterocycles. The molecule has 0 radical (unpaired) electrons. The van der Waals surface area contributed by atoms with Gasteiger partial charge >= 0.3 is 0 Å². The quantitative estimate of drug-likeness (QED) is 0.805. The highest BCUT2D eigenvalue weighted by atomic mass is 79.9. The van der Waals surface area contributed by atoms with Crippen molar-refractivity contribution < 1.29 is 4.39 Å². The number of benzene rings is 1. The van der Waals surface area contributed by atoms with Crippen LogP contribution in [0.4, 0.5) is 15.9 Å². The lowest BCUT2D eigenvalue weighted by molar-refractivity contribution is 0.621. The molecule has 0 aliphatic rings. The lowest BCUT2D eigenvalue weighted by atomic mass is 10.1. The van der Waals surface area contributed by atoms with Crippen molar-refractivity contribution in [2.24, 2.45) is 0 Å². The topological polar surface area (TPSA) is 37.8 Å². The van der Waals surface area contributed by atoms with Crippen LogP contribution in [0.15, 0.2) is 29.0 Å². The lowest BCUT2D eigenvalue weighted by Crippen LogP contribution is -2.03. The molecule has 1 aromatic heterocycles. The van der Waals surface area contributed by atoms with E-state index < -0.39 is 0 Å². The van der Waals surface area contributed by atoms with E-state index >= 15 is 0 Å². The largest absolute Gasteiger partial charge is 0.340 e. The summed E-state index contributed by atoms with van der Waals surface area (Å²) in [5.41, 5.74) is 1.56. The average molecular weight is 345 g/mol. The van der Waals surface area contributed by atoms with Gasteiger partial charge in [0.05, 0.1) is 4.47 Å². The number of hydrogen-bond acceptors (Lipinski definition) is 3. The second kappa shape index (κ2) is 5.84. The van der Waals surface area contributed by atoms with Gasteiger partial charge in [-0.2, -0.15) is 0 Å². The Balaban J connectivity index is 2.38. The van der Waals surface area contributed by atoms with Gasteiger partial charge in [-0.3, -0.25) is 0 Å². The van der Waals surface area contributed by atoms with E-state index in [0.29, 0.717) is 15.4 Å². The molecule has 6 heteroatoms. The first kappa shape index (κ1) is 14.2. The summed E-state index contributed by atoms with van der Waals surface area (Å²) in [7, 11) is 0. The van der Waals surface area contributed by atoms with E-state index in [0.717, 1.165) is 11.3 Å². The van der Waals surface area contributed by atoms with Crippen molar-refractivity contribution in [1.82, 2.24) is 9.97 Å². The third-order valence-electron chi connectivity index (χ3n) is 2.59. The number of nitrogens with zero attached hydrogens (tertiary/aromatic N) is 2. The second-order valence-electron chi connectivity index (χ2n) is 4.34. The van der Waals surface area contributed by atoms with Gasteiger partial charge in [0.2, 0.25) is 0 Å². The Hall–Kier alpha value is -1.20. The summed E-state index contributed by atoms with van der Waals surface area (Å²) in [6, 6.07) is 4.67. The highest BCUT2D eigenvalue weighted by molar-refractivity contribution is 9.10. The van der Waals surface area contributed by atoms with Gasteiger partial charge in [0.25, 0.3) is 0 Å². The fraction of sp³-hybridized carbons (Fsp3) is 0.231. The molecule has 2 aromatic rings. The predicted molar refractivity (Wildman–Crippen MR) is 78.5 cm³/mol. The Morgan fingerprint density at radius 2 is 2.05 bits per heavy atom. The molecule has 1 aromatic carbocycles. The fourth-order valence-electron chi connectivity index (χ4n) is 1.70. The highest BCUT2D eigenvalue weighted by Gasteiger charge is 2.14. The first-order valence-electron chi connectivity index (χ1n) is 5.71. The maximum Gasteiger partial charge on any atom is 0.138 e. The molecule has 0 fully saturated rings. The third kappa shape index (κ3) is 3.22. The Morgan fingerprint density at radius 3 is 2.68 bits per heavy atom. The van der Waals surface area contributed by atoms with Crippen LogP contribution in [0.2, 0.25) is 5.15 Å². The van der Waals surface area contributed by atoms with Gasteiger partial charge in [0.1, 0.15) is 23.1 Å². The summed E-state index contributed by atoms with van der Waals surface area (Å²) >= 11 is 9.23. The van der Waals surface area contributed by atoms with E-state index in [9.17, 15) is 4.39 Å². The molecule has 1 heterocycles. The van der Waals surface area contributed by atoms with E-state index in [1.54, 1.807) is 12.1 Å². The molecule has 100 valence electrons. The van der Waals surface area contributed by atoms with E-state index in [1.807, 2.05) is 13.8 Å². The summed E-state index contributed by atoms with van der Waals surface area (Å²) in [6.07, 6.45) is 1.40. The maximum absolute atomic E-state index is 13.2. The molecule has 2 rings (SSSR count). The van der Waals surface area contributed by atoms with Crippen LogP contribution < -0.4 is 5.32 Å². The minimum Gasteiger partial charge on any atom is -0.340 e. The monoisotopic (exact) mass is 343 g/mol. The summed E-state index contributed by atoms with van der Waals surface area (Å²) in [5, 5.41) is 3.56. The Morgan fingerprint density at radius 1 is 1.32 bits per heavy atom. The van der Waals surface area contributed by atoms with Gasteiger partial charge in [-0.1, -0.05) is 25.4 Å². The molecule has 1 N–H and O–H groups in total. The minimum absolute atomic E-state index is 0.181. The molecule has 19 heavy (non-hydrogen) atoms. The van der Waals surface area contributed by atoms with E-state index in [2.05, 4.69) is 31.2 Å². The molecule has 0 aliphatic carbocycles. The molecule has 0 saturated carbocycles. The van der Waals surface area contributed by atoms with Crippen LogP contribution in [-0.2, 0) is 0 Å². The van der Waals surface area contributed by atoms with Crippen LogP contribution in [0.3, 0.4) is 0 Å². The molecule has 0 amide bonds. The molecule has 0 spiro atoms. The first-order chi connectivity index (χ1) is 8.99. The highest BCUT2D eigenvalue weighted by Crippen LogP contribution is 2.30. The molecule has 0 atom stereocenters. The maximum atomic E-state index is 13.2. The second-order valence-corrected chi connectivity index (χ2v) is 5.55. The fourth-order valence-corrected chi connectivity index (χ4v) is 2.43. The van der Waals surface area contributed by atoms with Crippen LogP contribution in [0.25, 0.3) is 0 Å². The van der Waals surface area contributed by atoms with Crippen molar-refractivity contribution in [3.05, 3.63) is 45.5 Å². The number of hydrogen-bond donors (Lipinski definition) is 1. The van der Waals surface area contributed by atoms with Gasteiger partial charge in [-0.25, -0.2) is 14.4 Å². The minimum atomic E-state index is -0.310. The van der Waals surface area contributed by atoms with E-state index in [4.69, 9.17) is 11.6 Å². The molecular formula is C13H12BrClFN3. The number of anilines is 2. The summed E-state index contributed by atoms with van der Waals surface area (Å²) < 4.78 is 13.6. The van der Waals surface area contributed by atoms with Crippen molar-refractivity contribution in [3.8, 4) is 0 Å². The molecule has 0 saturated heterocycles. The number of nitrogens with one attached hydrogen (secondary N) is 1. The van der Waals surface area contributed by atoms with E-state index in [1.165, 1.54) is 12.4 Å². The number of halogens is 3. The zero-order chi connectivity index (χ0) is 14.0. The summed E-state index contributed by atoms with van der Waals surface area (Å²) in [5.74, 6) is 0.504. The lowest BCUT2D eigenvalue weighted by Gasteiger charge is -2.14. The summed E-state index contributed by atoms with van der Waals surface area (Å²) in [4.78, 5) is 8.17. The first-order valence-corrected chi connectivity index (χ1v) is 6.88. The van der Waals surface area contributed by atoms with Gasteiger partial charge in [-0.15, -0.1) is 0 Å². The number of rotatable bonds is 3. The number of aromatic nitrogens is 2. The van der Waals surface area contributed by atoms with Crippen molar-refractivity contribution in [2.45, 2.75) is 19.8 Å². The molecule has 0 bridgehead atoms. The molecular weight excluding hydrogens is 333 g/mol. The predicted octanol–water partition coefficient (Wildman–Crippen LogP) is 4.90. The molecule has 0 unspecified atom stereocenters. The van der Waals surface area contributed by atoms with Crippen molar-refractivity contribution in [2.75, 3.05) is 5.32 Å². The van der Waals surface area contributed by atoms with Gasteiger partial charge in [0, 0.05) is 11.3 Å². The molecule has 3 nitrogen and oxygen atoms in total. The Bertz CT molecular complexity index is 604. The van der Waals surface area contributed by atoms with Crippen LogP contribution in [0.5, 0.6) is 0 Å². The summed E-state index contributed by atoms with van der Waals surface area (Å²) in [6.45, 7) is 4.02. The Labute approximate surface area is 124 Å². The SMILES string of the molecule is CC(C)c1c(Cl)ncnc1Nc1ccc(F)c(Br)c1. The van der Waals surface area contributed by atoms with Crippen molar-refractivity contribution in [1.29, 1.82) is 0 Å². The van der Waals surface area contributed by atoms with Crippen LogP contribution in [0, 0.1) is 5.82 Å². The van der Waals surface area contributed by atoms with E-state index in [-0.39, 0.29) is 11.7 Å². The zero-order valence-electron chi connectivity index (χ0n) is 10.4. The average Bonchev–Trinajstić information content (AvgIpc) is 2.33. The van der Waals surface area contributed by atoms with Crippen LogP contribution in [-0.4, -0.2) is 9.97 Å². The zero-order valence-corrected chi connectivity index (χ0v) is 12.8. The third-order valence-corrected chi connectivity index (χ3v) is 3.50. The van der Waals surface area contributed by atoms with Gasteiger partial charge in [-0.05, 0) is 40.0 Å². The smallest absolute Gasteiger partial charge is 0.138 e. The Kier molecular flexibility index (Phi) is 4.37.